The van der Waals surface area contributed by atoms with Crippen LogP contribution >= 0.6 is 45.8 Å². The Kier molecular flexibility index (Phi) is 6.13. The smallest absolute Gasteiger partial charge is 0.254 e. The average Bonchev–Trinajstić information content (AvgIpc) is 3.48. The van der Waals surface area contributed by atoms with E-state index in [1.54, 1.807) is 25.3 Å². The van der Waals surface area contributed by atoms with Gasteiger partial charge in [-0.3, -0.25) is 9.59 Å². The van der Waals surface area contributed by atoms with E-state index in [2.05, 4.69) is 39.8 Å². The van der Waals surface area contributed by atoms with Gasteiger partial charge < -0.3 is 9.47 Å². The van der Waals surface area contributed by atoms with E-state index in [1.807, 2.05) is 12.1 Å². The molecular weight excluding hydrogens is 578 g/mol. The van der Waals surface area contributed by atoms with Crippen LogP contribution in [0, 0.1) is 27.2 Å². The number of hydrogen-bond acceptors (Lipinski definition) is 5. The molecule has 5 rings (SSSR count). The summed E-state index contributed by atoms with van der Waals surface area (Å²) in [4.78, 5) is 25.6. The zero-order valence-electron chi connectivity index (χ0n) is 17.5. The maximum absolute atomic E-state index is 12.8. The largest absolute Gasteiger partial charge is 0.493 e. The second-order valence-electron chi connectivity index (χ2n) is 8.30. The van der Waals surface area contributed by atoms with Gasteiger partial charge in [-0.15, -0.1) is 0 Å². The van der Waals surface area contributed by atoms with Gasteiger partial charge in [-0.2, -0.15) is 10.1 Å². The van der Waals surface area contributed by atoms with Gasteiger partial charge in [-0.25, -0.2) is 0 Å². The lowest BCUT2D eigenvalue weighted by molar-refractivity contribution is -0.140. The number of halogens is 3. The highest BCUT2D eigenvalue weighted by Crippen LogP contribution is 2.52. The van der Waals surface area contributed by atoms with Crippen molar-refractivity contribution in [2.24, 2.45) is 28.8 Å². The number of fused-ring (bicyclic) bond motifs is 5. The van der Waals surface area contributed by atoms with E-state index in [-0.39, 0.29) is 42.1 Å². The second-order valence-corrected chi connectivity index (χ2v) is 10.3. The van der Waals surface area contributed by atoms with E-state index in [0.29, 0.717) is 27.1 Å². The third kappa shape index (κ3) is 4.04. The average molecular weight is 597 g/mol. The number of nitrogens with zero attached hydrogens (tertiary/aromatic N) is 2. The van der Waals surface area contributed by atoms with Crippen LogP contribution in [-0.2, 0) is 16.2 Å². The maximum Gasteiger partial charge on any atom is 0.254 e. The predicted octanol–water partition coefficient (Wildman–Crippen LogP) is 5.33. The molecule has 9 heteroatoms. The van der Waals surface area contributed by atoms with Gasteiger partial charge in [-0.05, 0) is 76.2 Å². The van der Waals surface area contributed by atoms with Gasteiger partial charge >= 0.3 is 0 Å². The summed E-state index contributed by atoms with van der Waals surface area (Å²) < 4.78 is 12.3. The summed E-state index contributed by atoms with van der Waals surface area (Å²) in [6.07, 6.45) is 6.53. The third-order valence-electron chi connectivity index (χ3n) is 6.39. The molecule has 3 aliphatic rings. The van der Waals surface area contributed by atoms with E-state index in [9.17, 15) is 9.59 Å². The van der Waals surface area contributed by atoms with Gasteiger partial charge in [-0.1, -0.05) is 41.4 Å². The molecule has 4 atom stereocenters. The Balaban J connectivity index is 1.33. The molecule has 170 valence electrons. The summed E-state index contributed by atoms with van der Waals surface area (Å²) in [6.45, 7) is 0.284. The summed E-state index contributed by atoms with van der Waals surface area (Å²) in [5, 5.41) is 6.23. The van der Waals surface area contributed by atoms with Crippen molar-refractivity contribution in [2.45, 2.75) is 13.0 Å². The lowest BCUT2D eigenvalue weighted by atomic mass is 9.85. The number of benzene rings is 2. The Hall–Kier alpha value is -2.10. The third-order valence-corrected chi connectivity index (χ3v) is 7.93. The quantitative estimate of drug-likeness (QED) is 0.196. The predicted molar refractivity (Wildman–Crippen MR) is 134 cm³/mol. The van der Waals surface area contributed by atoms with Crippen molar-refractivity contribution in [1.29, 1.82) is 0 Å². The molecule has 1 saturated heterocycles. The van der Waals surface area contributed by atoms with E-state index >= 15 is 0 Å². The Labute approximate surface area is 214 Å². The zero-order chi connectivity index (χ0) is 23.3. The van der Waals surface area contributed by atoms with Crippen LogP contribution in [0.25, 0.3) is 0 Å². The first-order valence-electron chi connectivity index (χ1n) is 10.4. The van der Waals surface area contributed by atoms with Crippen LogP contribution in [0.5, 0.6) is 11.5 Å². The SMILES string of the molecule is COc1cc(C=NN2C(=O)[C@@H]3[C@H](C2=O)[C@H]2C=C[C@H]3C2)cc(I)c1OCc1ccc(Cl)c(Cl)c1. The molecule has 2 fully saturated rings. The number of hydrazone groups is 1. The van der Waals surface area contributed by atoms with Gasteiger partial charge in [0.25, 0.3) is 11.8 Å². The monoisotopic (exact) mass is 596 g/mol. The summed E-state index contributed by atoms with van der Waals surface area (Å²) in [7, 11) is 1.55. The second kappa shape index (κ2) is 8.92. The molecule has 33 heavy (non-hydrogen) atoms. The standard InChI is InChI=1S/C24H19Cl2IN2O4/c1-32-19-8-13(7-18(27)22(19)33-11-12-2-5-16(25)17(26)6-12)10-28-29-23(30)20-14-3-4-15(9-14)21(20)24(29)31/h2-8,10,14-15,20-21H,9,11H2,1H3/t14-,15-,20-,21+/m0/s1. The minimum Gasteiger partial charge on any atom is -0.493 e. The molecule has 2 aliphatic carbocycles. The topological polar surface area (TPSA) is 68.2 Å². The molecule has 1 saturated carbocycles. The summed E-state index contributed by atoms with van der Waals surface area (Å²) in [5.41, 5.74) is 1.56. The van der Waals surface area contributed by atoms with E-state index in [0.717, 1.165) is 20.6 Å². The van der Waals surface area contributed by atoms with Gasteiger partial charge in [0.1, 0.15) is 6.61 Å². The molecule has 2 amide bonds. The number of hydrogen-bond donors (Lipinski definition) is 0. The van der Waals surface area contributed by atoms with Crippen molar-refractivity contribution < 1.29 is 19.1 Å². The Morgan fingerprint density at radius 1 is 1.09 bits per heavy atom. The number of methoxy groups -OCH3 is 1. The first kappa shape index (κ1) is 22.7. The van der Waals surface area contributed by atoms with Crippen molar-refractivity contribution in [1.82, 2.24) is 5.01 Å². The molecule has 2 aromatic rings. The minimum atomic E-state index is -0.267. The molecular formula is C24H19Cl2IN2O4. The van der Waals surface area contributed by atoms with Gasteiger partial charge in [0.05, 0.1) is 38.8 Å². The summed E-state index contributed by atoms with van der Waals surface area (Å²) >= 11 is 14.2. The van der Waals surface area contributed by atoms with E-state index in [1.165, 1.54) is 6.21 Å². The van der Waals surface area contributed by atoms with Crippen molar-refractivity contribution in [3.05, 3.63) is 67.2 Å². The number of carbonyl (C=O) groups excluding carboxylic acids is 2. The van der Waals surface area contributed by atoms with Crippen LogP contribution in [0.3, 0.4) is 0 Å². The highest BCUT2D eigenvalue weighted by atomic mass is 127. The van der Waals surface area contributed by atoms with Crippen molar-refractivity contribution >= 4 is 63.8 Å². The van der Waals surface area contributed by atoms with Crippen molar-refractivity contribution in [3.8, 4) is 11.5 Å². The van der Waals surface area contributed by atoms with E-state index in [4.69, 9.17) is 32.7 Å². The number of rotatable bonds is 6. The number of ether oxygens (including phenoxy) is 2. The Bertz CT molecular complexity index is 1190. The Morgan fingerprint density at radius 3 is 2.42 bits per heavy atom. The fraction of sp³-hybridized carbons (Fsp3) is 0.292. The highest BCUT2D eigenvalue weighted by Gasteiger charge is 2.59. The van der Waals surface area contributed by atoms with Gasteiger partial charge in [0.15, 0.2) is 11.5 Å². The molecule has 0 spiro atoms. The lowest BCUT2D eigenvalue weighted by Crippen LogP contribution is -2.28. The molecule has 2 bridgehead atoms. The van der Waals surface area contributed by atoms with Crippen LogP contribution in [0.4, 0.5) is 0 Å². The summed E-state index contributed by atoms with van der Waals surface area (Å²) in [6, 6.07) is 8.93. The van der Waals surface area contributed by atoms with Crippen molar-refractivity contribution in [2.75, 3.05) is 7.11 Å². The molecule has 2 aromatic carbocycles. The zero-order valence-corrected chi connectivity index (χ0v) is 21.2. The van der Waals surface area contributed by atoms with E-state index < -0.39 is 0 Å². The Morgan fingerprint density at radius 2 is 1.79 bits per heavy atom. The van der Waals surface area contributed by atoms with Crippen LogP contribution in [0.1, 0.15) is 17.5 Å². The fourth-order valence-corrected chi connectivity index (χ4v) is 5.97. The normalized spacial score (nSPS) is 25.4. The fourth-order valence-electron chi connectivity index (χ4n) is 4.86. The molecule has 0 N–H and O–H groups in total. The maximum atomic E-state index is 12.8. The molecule has 1 aliphatic heterocycles. The van der Waals surface area contributed by atoms with Crippen LogP contribution in [-0.4, -0.2) is 30.1 Å². The van der Waals surface area contributed by atoms with Crippen LogP contribution in [0.15, 0.2) is 47.6 Å². The number of carbonyl (C=O) groups is 2. The molecule has 0 unspecified atom stereocenters. The first-order valence-corrected chi connectivity index (χ1v) is 12.2. The van der Waals surface area contributed by atoms with Gasteiger partial charge in [0.2, 0.25) is 0 Å². The number of amides is 2. The van der Waals surface area contributed by atoms with Crippen LogP contribution < -0.4 is 9.47 Å². The van der Waals surface area contributed by atoms with Gasteiger partial charge in [0, 0.05) is 0 Å². The summed E-state index contributed by atoms with van der Waals surface area (Å²) in [5.74, 6) is 0.457. The first-order chi connectivity index (χ1) is 15.9. The number of allylic oxidation sites excluding steroid dienone is 2. The van der Waals surface area contributed by atoms with Crippen molar-refractivity contribution in [3.63, 3.8) is 0 Å². The van der Waals surface area contributed by atoms with Crippen LogP contribution in [0.2, 0.25) is 10.0 Å². The molecule has 0 radical (unpaired) electrons. The highest BCUT2D eigenvalue weighted by molar-refractivity contribution is 14.1. The minimum absolute atomic E-state index is 0.157. The molecule has 6 nitrogen and oxygen atoms in total. The molecule has 1 heterocycles. The number of imide groups is 1. The molecule has 0 aromatic heterocycles. The lowest BCUT2D eigenvalue weighted by Gasteiger charge is -2.14.